The summed E-state index contributed by atoms with van der Waals surface area (Å²) in [6.45, 7) is 9.64. The van der Waals surface area contributed by atoms with Gasteiger partial charge in [0.1, 0.15) is 19.0 Å². The van der Waals surface area contributed by atoms with Crippen LogP contribution in [-0.2, 0) is 19.7 Å². The first-order chi connectivity index (χ1) is 13.4. The molecule has 1 aromatic rings. The molecule has 1 aromatic heterocycles. The average molecular weight is 414 g/mol. The molecular weight excluding hydrogens is 383 g/mol. The van der Waals surface area contributed by atoms with Crippen molar-refractivity contribution in [2.24, 2.45) is 0 Å². The maximum atomic E-state index is 14.1. The van der Waals surface area contributed by atoms with E-state index in [9.17, 15) is 14.0 Å². The Morgan fingerprint density at radius 3 is 2.59 bits per heavy atom. The molecule has 0 saturated carbocycles. The van der Waals surface area contributed by atoms with Gasteiger partial charge in [0, 0.05) is 24.5 Å². The number of carbonyl (C=O) groups excluding carboxylic acids is 2. The molecule has 0 radical (unpaired) electrons. The molecular formula is C19H31FN4O5. The van der Waals surface area contributed by atoms with Crippen LogP contribution in [0.3, 0.4) is 0 Å². The molecule has 9 nitrogen and oxygen atoms in total. The van der Waals surface area contributed by atoms with Gasteiger partial charge in [-0.05, 0) is 13.8 Å². The number of carbonyl (C=O) groups is 2. The number of halogens is 1. The Bertz CT molecular complexity index is 716. The summed E-state index contributed by atoms with van der Waals surface area (Å²) in [6, 6.07) is -0.947. The van der Waals surface area contributed by atoms with Gasteiger partial charge < -0.3 is 24.2 Å². The maximum absolute atomic E-state index is 14.1. The maximum Gasteiger partial charge on any atom is 0.240 e. The zero-order valence-corrected chi connectivity index (χ0v) is 18.0. The van der Waals surface area contributed by atoms with E-state index in [0.717, 1.165) is 0 Å². The van der Waals surface area contributed by atoms with Gasteiger partial charge >= 0.3 is 0 Å². The van der Waals surface area contributed by atoms with Crippen molar-refractivity contribution in [1.29, 1.82) is 0 Å². The number of ketones is 1. The van der Waals surface area contributed by atoms with Crippen LogP contribution in [0.1, 0.15) is 57.5 Å². The largest absolute Gasteiger partial charge is 0.359 e. The smallest absolute Gasteiger partial charge is 0.240 e. The topological polar surface area (TPSA) is 107 Å². The number of Topliss-reactive ketones (excluding diaryl/α,β-unsaturated/α-hetero) is 1. The number of hydrogen-bond acceptors (Lipinski definition) is 8. The van der Waals surface area contributed by atoms with Crippen LogP contribution >= 0.6 is 0 Å². The molecule has 164 valence electrons. The number of nitrogens with one attached hydrogen (secondary N) is 1. The zero-order valence-electron chi connectivity index (χ0n) is 18.0. The third-order valence-electron chi connectivity index (χ3n) is 4.54. The lowest BCUT2D eigenvalue weighted by Gasteiger charge is -2.28. The van der Waals surface area contributed by atoms with Gasteiger partial charge in [-0.1, -0.05) is 25.9 Å². The van der Waals surface area contributed by atoms with Crippen molar-refractivity contribution in [1.82, 2.24) is 20.4 Å². The minimum atomic E-state index is -1.28. The Labute approximate surface area is 170 Å². The Kier molecular flexibility index (Phi) is 7.47. The van der Waals surface area contributed by atoms with E-state index >= 15 is 0 Å². The molecule has 1 N–H and O–H groups in total. The second-order valence-corrected chi connectivity index (χ2v) is 8.92. The summed E-state index contributed by atoms with van der Waals surface area (Å²) in [7, 11) is 1.52. The Hall–Kier alpha value is -1.91. The van der Waals surface area contributed by atoms with Crippen LogP contribution in [0, 0.1) is 0 Å². The van der Waals surface area contributed by atoms with E-state index in [4.69, 9.17) is 14.0 Å². The van der Waals surface area contributed by atoms with Crippen molar-refractivity contribution >= 4 is 11.7 Å². The molecule has 1 aliphatic heterocycles. The van der Waals surface area contributed by atoms with Crippen LogP contribution < -0.4 is 5.32 Å². The van der Waals surface area contributed by atoms with Crippen molar-refractivity contribution in [3.63, 3.8) is 0 Å². The molecule has 0 aliphatic carbocycles. The molecule has 1 fully saturated rings. The molecule has 1 amide bonds. The highest BCUT2D eigenvalue weighted by molar-refractivity contribution is 5.99. The number of rotatable bonds is 9. The highest BCUT2D eigenvalue weighted by Crippen LogP contribution is 2.25. The lowest BCUT2D eigenvalue weighted by molar-refractivity contribution is -0.131. The number of hydrogen-bond donors (Lipinski definition) is 1. The number of ether oxygens (including phenoxy) is 2. The number of methoxy groups -OCH3 is 1. The fraction of sp³-hybridized carbons (Fsp3) is 0.789. The van der Waals surface area contributed by atoms with Gasteiger partial charge in [0.05, 0.1) is 19.7 Å². The van der Waals surface area contributed by atoms with E-state index < -0.39 is 29.0 Å². The monoisotopic (exact) mass is 414 g/mol. The van der Waals surface area contributed by atoms with Gasteiger partial charge in [0.2, 0.25) is 23.4 Å². The summed E-state index contributed by atoms with van der Waals surface area (Å²) < 4.78 is 29.4. The first kappa shape index (κ1) is 23.4. The summed E-state index contributed by atoms with van der Waals surface area (Å²) in [6.07, 6.45) is -1.36. The van der Waals surface area contributed by atoms with Crippen molar-refractivity contribution in [3.8, 4) is 0 Å². The summed E-state index contributed by atoms with van der Waals surface area (Å²) in [5.74, 6) is -0.704. The van der Waals surface area contributed by atoms with Crippen molar-refractivity contribution in [2.75, 3.05) is 33.6 Å². The van der Waals surface area contributed by atoms with E-state index in [1.807, 2.05) is 34.6 Å². The predicted octanol–water partition coefficient (Wildman–Crippen LogP) is 1.48. The van der Waals surface area contributed by atoms with Gasteiger partial charge in [-0.2, -0.15) is 4.98 Å². The molecule has 2 atom stereocenters. The first-order valence-electron chi connectivity index (χ1n) is 9.58. The molecule has 2 heterocycles. The molecule has 0 aromatic carbocycles. The standard InChI is InChI=1S/C19H31FN4O5/c1-18(2,3)17-22-16(23-29-17)15(26)13-7-12(20)9-24(13)14(25)8-21-19(4,5)10-28-11-27-6/h12-13,21H,7-11H2,1-6H3/t12-,13?/m0/s1. The second-order valence-electron chi connectivity index (χ2n) is 8.92. The van der Waals surface area contributed by atoms with Crippen molar-refractivity contribution in [3.05, 3.63) is 11.7 Å². The molecule has 1 saturated heterocycles. The molecule has 29 heavy (non-hydrogen) atoms. The highest BCUT2D eigenvalue weighted by Gasteiger charge is 2.42. The highest BCUT2D eigenvalue weighted by atomic mass is 19.1. The van der Waals surface area contributed by atoms with Crippen LogP contribution in [0.25, 0.3) is 0 Å². The van der Waals surface area contributed by atoms with E-state index in [-0.39, 0.29) is 38.0 Å². The Balaban J connectivity index is 2.02. The third kappa shape index (κ3) is 6.28. The average Bonchev–Trinajstić information content (AvgIpc) is 3.26. The van der Waals surface area contributed by atoms with E-state index in [2.05, 4.69) is 15.5 Å². The fourth-order valence-corrected chi connectivity index (χ4v) is 2.93. The van der Waals surface area contributed by atoms with Crippen LogP contribution in [0.2, 0.25) is 0 Å². The molecule has 1 unspecified atom stereocenters. The van der Waals surface area contributed by atoms with Gasteiger partial charge in [-0.15, -0.1) is 0 Å². The van der Waals surface area contributed by atoms with Gasteiger partial charge in [-0.3, -0.25) is 9.59 Å². The number of nitrogens with zero attached hydrogens (tertiary/aromatic N) is 3. The summed E-state index contributed by atoms with van der Waals surface area (Å²) in [4.78, 5) is 30.9. The molecule has 0 spiro atoms. The molecule has 0 bridgehead atoms. The van der Waals surface area contributed by atoms with Gasteiger partial charge in [0.25, 0.3) is 0 Å². The molecule has 1 aliphatic rings. The first-order valence-corrected chi connectivity index (χ1v) is 9.58. The second kappa shape index (κ2) is 9.27. The molecule has 10 heteroatoms. The van der Waals surface area contributed by atoms with Crippen LogP contribution in [0.15, 0.2) is 4.52 Å². The lowest BCUT2D eigenvalue weighted by atomic mass is 9.97. The van der Waals surface area contributed by atoms with Crippen LogP contribution in [-0.4, -0.2) is 78.1 Å². The summed E-state index contributed by atoms with van der Waals surface area (Å²) in [5, 5.41) is 6.81. The fourth-order valence-electron chi connectivity index (χ4n) is 2.93. The zero-order chi connectivity index (χ0) is 21.8. The summed E-state index contributed by atoms with van der Waals surface area (Å²) >= 11 is 0. The van der Waals surface area contributed by atoms with Gasteiger partial charge in [0.15, 0.2) is 0 Å². The molecule has 2 rings (SSSR count). The number of likely N-dealkylation sites (tertiary alicyclic amines) is 1. The number of alkyl halides is 1. The van der Waals surface area contributed by atoms with Crippen molar-refractivity contribution in [2.45, 2.75) is 64.2 Å². The third-order valence-corrected chi connectivity index (χ3v) is 4.54. The Morgan fingerprint density at radius 2 is 2.00 bits per heavy atom. The van der Waals surface area contributed by atoms with E-state index in [1.165, 1.54) is 12.0 Å². The van der Waals surface area contributed by atoms with Crippen LogP contribution in [0.4, 0.5) is 4.39 Å². The van der Waals surface area contributed by atoms with Gasteiger partial charge in [-0.25, -0.2) is 4.39 Å². The van der Waals surface area contributed by atoms with Crippen LogP contribution in [0.5, 0.6) is 0 Å². The number of amides is 1. The van der Waals surface area contributed by atoms with Crippen molar-refractivity contribution < 1.29 is 28.0 Å². The van der Waals surface area contributed by atoms with E-state index in [0.29, 0.717) is 12.5 Å². The summed E-state index contributed by atoms with van der Waals surface area (Å²) in [5.41, 5.74) is -0.919. The lowest BCUT2D eigenvalue weighted by Crippen LogP contribution is -2.51. The quantitative estimate of drug-likeness (QED) is 0.368. The predicted molar refractivity (Wildman–Crippen MR) is 102 cm³/mol. The number of aromatic nitrogens is 2. The Morgan fingerprint density at radius 1 is 1.31 bits per heavy atom. The minimum absolute atomic E-state index is 0.0562. The SMILES string of the molecule is COCOCC(C)(C)NCC(=O)N1C[C@@H](F)CC1C(=O)c1noc(C(C)(C)C)n1. The normalized spacial score (nSPS) is 20.3. The van der Waals surface area contributed by atoms with E-state index in [1.54, 1.807) is 0 Å². The minimum Gasteiger partial charge on any atom is -0.359 e.